The summed E-state index contributed by atoms with van der Waals surface area (Å²) in [6.07, 6.45) is 6.80. The van der Waals surface area contributed by atoms with Gasteiger partial charge in [-0.15, -0.1) is 0 Å². The number of hydrogen-bond acceptors (Lipinski definition) is 3. The van der Waals surface area contributed by atoms with Crippen LogP contribution in [0, 0.1) is 0 Å². The first-order valence-corrected chi connectivity index (χ1v) is 6.78. The highest BCUT2D eigenvalue weighted by Gasteiger charge is 2.31. The molecule has 3 heteroatoms. The van der Waals surface area contributed by atoms with E-state index < -0.39 is 0 Å². The zero-order valence-electron chi connectivity index (χ0n) is 11.1. The molecule has 0 aromatic heterocycles. The molecule has 0 radical (unpaired) electrons. The van der Waals surface area contributed by atoms with E-state index in [1.165, 1.54) is 45.2 Å². The molecule has 2 unspecified atom stereocenters. The lowest BCUT2D eigenvalue weighted by Crippen LogP contribution is -2.45. The second-order valence-electron chi connectivity index (χ2n) is 5.65. The summed E-state index contributed by atoms with van der Waals surface area (Å²) in [5.41, 5.74) is 0. The van der Waals surface area contributed by atoms with Crippen LogP contribution in [0.5, 0.6) is 0 Å². The molecule has 94 valence electrons. The van der Waals surface area contributed by atoms with Crippen LogP contribution in [-0.4, -0.2) is 62.2 Å². The van der Waals surface area contributed by atoms with Crippen LogP contribution in [0.2, 0.25) is 0 Å². The fourth-order valence-electron chi connectivity index (χ4n) is 3.29. The molecule has 0 aromatic rings. The maximum absolute atomic E-state index is 3.42. The summed E-state index contributed by atoms with van der Waals surface area (Å²) in [6.45, 7) is 2.55. The minimum absolute atomic E-state index is 0.763. The number of rotatable bonds is 3. The van der Waals surface area contributed by atoms with Crippen LogP contribution in [-0.2, 0) is 0 Å². The number of hydrogen-bond donors (Lipinski definition) is 1. The van der Waals surface area contributed by atoms with E-state index in [0.717, 1.165) is 18.1 Å². The van der Waals surface area contributed by atoms with Gasteiger partial charge in [0, 0.05) is 18.1 Å². The fraction of sp³-hybridized carbons (Fsp3) is 1.00. The third-order valence-electron chi connectivity index (χ3n) is 4.65. The van der Waals surface area contributed by atoms with Gasteiger partial charge in [0.15, 0.2) is 0 Å². The third kappa shape index (κ3) is 2.76. The van der Waals surface area contributed by atoms with Crippen molar-refractivity contribution in [1.29, 1.82) is 0 Å². The van der Waals surface area contributed by atoms with Crippen molar-refractivity contribution in [1.82, 2.24) is 15.1 Å². The Morgan fingerprint density at radius 3 is 2.31 bits per heavy atom. The minimum atomic E-state index is 0.763. The molecule has 2 atom stereocenters. The van der Waals surface area contributed by atoms with E-state index in [9.17, 15) is 0 Å². The smallest absolute Gasteiger partial charge is 0.0119 e. The lowest BCUT2D eigenvalue weighted by Gasteiger charge is -2.38. The van der Waals surface area contributed by atoms with E-state index in [4.69, 9.17) is 0 Å². The standard InChI is InChI=1S/C13H27N3/c1-14-11-4-5-13(10-11)16(3)12-6-8-15(2)9-7-12/h11-14H,4-10H2,1-3H3. The zero-order valence-corrected chi connectivity index (χ0v) is 11.1. The summed E-state index contributed by atoms with van der Waals surface area (Å²) >= 11 is 0. The summed E-state index contributed by atoms with van der Waals surface area (Å²) in [4.78, 5) is 5.12. The van der Waals surface area contributed by atoms with Gasteiger partial charge in [-0.25, -0.2) is 0 Å². The second kappa shape index (κ2) is 5.48. The van der Waals surface area contributed by atoms with Crippen molar-refractivity contribution in [3.63, 3.8) is 0 Å². The maximum atomic E-state index is 3.42. The first-order chi connectivity index (χ1) is 7.70. The Bertz CT molecular complexity index is 209. The van der Waals surface area contributed by atoms with E-state index in [2.05, 4.69) is 36.3 Å². The molecule has 1 N–H and O–H groups in total. The first-order valence-electron chi connectivity index (χ1n) is 6.78. The maximum Gasteiger partial charge on any atom is 0.0119 e. The highest BCUT2D eigenvalue weighted by atomic mass is 15.2. The molecule has 2 fully saturated rings. The second-order valence-corrected chi connectivity index (χ2v) is 5.65. The molecule has 0 aromatic carbocycles. The Kier molecular flexibility index (Phi) is 4.22. The van der Waals surface area contributed by atoms with Crippen LogP contribution in [0.25, 0.3) is 0 Å². The van der Waals surface area contributed by atoms with Crippen molar-refractivity contribution in [3.05, 3.63) is 0 Å². The lowest BCUT2D eigenvalue weighted by atomic mass is 10.0. The van der Waals surface area contributed by atoms with Gasteiger partial charge in [-0.05, 0) is 66.3 Å². The number of nitrogens with zero attached hydrogens (tertiary/aromatic N) is 2. The summed E-state index contributed by atoms with van der Waals surface area (Å²) in [5.74, 6) is 0. The number of nitrogens with one attached hydrogen (secondary N) is 1. The van der Waals surface area contributed by atoms with Crippen molar-refractivity contribution < 1.29 is 0 Å². The molecule has 3 nitrogen and oxygen atoms in total. The fourth-order valence-corrected chi connectivity index (χ4v) is 3.29. The third-order valence-corrected chi connectivity index (χ3v) is 4.65. The van der Waals surface area contributed by atoms with Gasteiger partial charge in [0.1, 0.15) is 0 Å². The largest absolute Gasteiger partial charge is 0.317 e. The average molecular weight is 225 g/mol. The zero-order chi connectivity index (χ0) is 11.5. The highest BCUT2D eigenvalue weighted by Crippen LogP contribution is 2.27. The van der Waals surface area contributed by atoms with Gasteiger partial charge in [0.2, 0.25) is 0 Å². The molecule has 0 amide bonds. The Labute approximate surface area is 100 Å². The van der Waals surface area contributed by atoms with Crippen LogP contribution in [0.4, 0.5) is 0 Å². The van der Waals surface area contributed by atoms with Gasteiger partial charge in [-0.2, -0.15) is 0 Å². The first kappa shape index (κ1) is 12.3. The van der Waals surface area contributed by atoms with Crippen LogP contribution >= 0.6 is 0 Å². The van der Waals surface area contributed by atoms with Crippen LogP contribution in [0.15, 0.2) is 0 Å². The van der Waals surface area contributed by atoms with Crippen molar-refractivity contribution in [2.24, 2.45) is 0 Å². The minimum Gasteiger partial charge on any atom is -0.317 e. The molecule has 16 heavy (non-hydrogen) atoms. The average Bonchev–Trinajstić information content (AvgIpc) is 2.77. The van der Waals surface area contributed by atoms with Crippen molar-refractivity contribution >= 4 is 0 Å². The van der Waals surface area contributed by atoms with Crippen LogP contribution in [0.1, 0.15) is 32.1 Å². The molecular weight excluding hydrogens is 198 g/mol. The SMILES string of the molecule is CNC1CCC(N(C)C2CCN(C)CC2)C1. The van der Waals surface area contributed by atoms with Gasteiger partial charge in [0.05, 0.1) is 0 Å². The van der Waals surface area contributed by atoms with E-state index in [0.29, 0.717) is 0 Å². The quantitative estimate of drug-likeness (QED) is 0.777. The van der Waals surface area contributed by atoms with E-state index in [1.807, 2.05) is 0 Å². The molecule has 1 saturated heterocycles. The monoisotopic (exact) mass is 225 g/mol. The summed E-state index contributed by atoms with van der Waals surface area (Å²) in [7, 11) is 6.68. The van der Waals surface area contributed by atoms with Crippen LogP contribution < -0.4 is 5.32 Å². The van der Waals surface area contributed by atoms with E-state index in [-0.39, 0.29) is 0 Å². The van der Waals surface area contributed by atoms with Gasteiger partial charge in [0.25, 0.3) is 0 Å². The lowest BCUT2D eigenvalue weighted by molar-refractivity contribution is 0.108. The van der Waals surface area contributed by atoms with Crippen LogP contribution in [0.3, 0.4) is 0 Å². The Morgan fingerprint density at radius 2 is 1.75 bits per heavy atom. The normalized spacial score (nSPS) is 33.8. The van der Waals surface area contributed by atoms with Crippen molar-refractivity contribution in [2.45, 2.75) is 50.2 Å². The summed E-state index contributed by atoms with van der Waals surface area (Å²) < 4.78 is 0. The highest BCUT2D eigenvalue weighted by molar-refractivity contribution is 4.89. The summed E-state index contributed by atoms with van der Waals surface area (Å²) in [6, 6.07) is 2.42. The number of piperidine rings is 1. The predicted octanol–water partition coefficient (Wildman–Crippen LogP) is 1.15. The Balaban J connectivity index is 1.81. The van der Waals surface area contributed by atoms with Gasteiger partial charge in [-0.3, -0.25) is 0 Å². The van der Waals surface area contributed by atoms with Gasteiger partial charge in [-0.1, -0.05) is 0 Å². The molecule has 2 rings (SSSR count). The topological polar surface area (TPSA) is 18.5 Å². The molecule has 1 aliphatic carbocycles. The van der Waals surface area contributed by atoms with E-state index >= 15 is 0 Å². The summed E-state index contributed by atoms with van der Waals surface area (Å²) in [5, 5.41) is 3.42. The molecule has 1 heterocycles. The Morgan fingerprint density at radius 1 is 1.06 bits per heavy atom. The van der Waals surface area contributed by atoms with Gasteiger partial charge >= 0.3 is 0 Å². The molecule has 2 aliphatic rings. The molecule has 1 saturated carbocycles. The molecule has 0 bridgehead atoms. The van der Waals surface area contributed by atoms with Crippen molar-refractivity contribution in [3.8, 4) is 0 Å². The van der Waals surface area contributed by atoms with Gasteiger partial charge < -0.3 is 15.1 Å². The Hall–Kier alpha value is -0.120. The van der Waals surface area contributed by atoms with Crippen molar-refractivity contribution in [2.75, 3.05) is 34.2 Å². The molecule has 0 spiro atoms. The number of likely N-dealkylation sites (tertiary alicyclic amines) is 1. The van der Waals surface area contributed by atoms with E-state index in [1.54, 1.807) is 0 Å². The predicted molar refractivity (Wildman–Crippen MR) is 68.8 cm³/mol. The molecular formula is C13H27N3. The molecule has 1 aliphatic heterocycles.